The van der Waals surface area contributed by atoms with Crippen LogP contribution in [-0.4, -0.2) is 17.5 Å². The second-order valence-electron chi connectivity index (χ2n) is 4.40. The lowest BCUT2D eigenvalue weighted by atomic mass is 9.91. The monoisotopic (exact) mass is 223 g/mol. The summed E-state index contributed by atoms with van der Waals surface area (Å²) in [5, 5.41) is 0. The molecule has 2 nitrogen and oxygen atoms in total. The zero-order valence-electron chi connectivity index (χ0n) is 8.57. The van der Waals surface area contributed by atoms with Crippen molar-refractivity contribution in [2.75, 3.05) is 0 Å². The first-order valence-corrected chi connectivity index (χ1v) is 5.18. The predicted molar refractivity (Wildman–Crippen MR) is 50.3 cm³/mol. The van der Waals surface area contributed by atoms with Gasteiger partial charge in [-0.3, -0.25) is 4.79 Å². The maximum Gasteiger partial charge on any atom is 0.389 e. The third-order valence-corrected chi connectivity index (χ3v) is 2.84. The fraction of sp³-hybridized carbons (Fsp3) is 0.900. The van der Waals surface area contributed by atoms with Gasteiger partial charge in [-0.2, -0.15) is 13.2 Å². The average Bonchev–Trinajstić information content (AvgIpc) is 2.47. The van der Waals surface area contributed by atoms with Crippen LogP contribution in [0.4, 0.5) is 13.2 Å². The van der Waals surface area contributed by atoms with Crippen LogP contribution < -0.4 is 5.73 Å². The summed E-state index contributed by atoms with van der Waals surface area (Å²) in [6.07, 6.45) is -2.14. The van der Waals surface area contributed by atoms with Crippen molar-refractivity contribution < 1.29 is 18.0 Å². The predicted octanol–water partition coefficient (Wildman–Crippen LogP) is 2.56. The number of hydrogen-bond acceptors (Lipinski definition) is 2. The zero-order chi connectivity index (χ0) is 11.5. The number of halogens is 3. The average molecular weight is 223 g/mol. The summed E-state index contributed by atoms with van der Waals surface area (Å²) in [5.41, 5.74) is 5.37. The second-order valence-corrected chi connectivity index (χ2v) is 4.40. The van der Waals surface area contributed by atoms with Crippen molar-refractivity contribution in [3.05, 3.63) is 0 Å². The fourth-order valence-corrected chi connectivity index (χ4v) is 2.02. The number of ketones is 1. The Kier molecular flexibility index (Phi) is 3.76. The molecule has 0 spiro atoms. The molecule has 0 aromatic heterocycles. The molecular weight excluding hydrogens is 207 g/mol. The molecule has 2 N–H and O–H groups in total. The van der Waals surface area contributed by atoms with E-state index in [9.17, 15) is 18.0 Å². The van der Waals surface area contributed by atoms with Crippen LogP contribution >= 0.6 is 0 Å². The Morgan fingerprint density at radius 3 is 2.27 bits per heavy atom. The number of carbonyl (C=O) groups excluding carboxylic acids is 1. The molecule has 1 rings (SSSR count). The molecule has 0 atom stereocenters. The van der Waals surface area contributed by atoms with Gasteiger partial charge in [0.25, 0.3) is 0 Å². The van der Waals surface area contributed by atoms with Crippen molar-refractivity contribution in [3.8, 4) is 0 Å². The molecule has 0 saturated heterocycles. The molecule has 0 bridgehead atoms. The minimum absolute atomic E-state index is 0.100. The SMILES string of the molecule is NC1(CC(=O)CCC(F)(F)F)CCCC1. The summed E-state index contributed by atoms with van der Waals surface area (Å²) in [5.74, 6) is -0.364. The summed E-state index contributed by atoms with van der Waals surface area (Å²) in [6, 6.07) is 0. The van der Waals surface area contributed by atoms with Gasteiger partial charge in [-0.05, 0) is 12.8 Å². The van der Waals surface area contributed by atoms with E-state index >= 15 is 0 Å². The van der Waals surface area contributed by atoms with E-state index < -0.39 is 24.6 Å². The third-order valence-electron chi connectivity index (χ3n) is 2.84. The van der Waals surface area contributed by atoms with Gasteiger partial charge < -0.3 is 5.73 Å². The van der Waals surface area contributed by atoms with Crippen molar-refractivity contribution in [1.82, 2.24) is 0 Å². The molecule has 1 aliphatic carbocycles. The van der Waals surface area contributed by atoms with Crippen molar-refractivity contribution in [2.24, 2.45) is 5.73 Å². The van der Waals surface area contributed by atoms with Crippen molar-refractivity contribution in [1.29, 1.82) is 0 Å². The Balaban J connectivity index is 2.30. The van der Waals surface area contributed by atoms with Gasteiger partial charge in [0.1, 0.15) is 5.78 Å². The second kappa shape index (κ2) is 4.51. The van der Waals surface area contributed by atoms with Crippen LogP contribution in [0.5, 0.6) is 0 Å². The molecule has 0 aromatic carbocycles. The van der Waals surface area contributed by atoms with Gasteiger partial charge in [0.2, 0.25) is 0 Å². The van der Waals surface area contributed by atoms with Gasteiger partial charge in [-0.15, -0.1) is 0 Å². The molecule has 0 heterocycles. The molecule has 15 heavy (non-hydrogen) atoms. The molecule has 1 saturated carbocycles. The molecule has 0 aromatic rings. The zero-order valence-corrected chi connectivity index (χ0v) is 8.57. The lowest BCUT2D eigenvalue weighted by Gasteiger charge is -2.22. The number of Topliss-reactive ketones (excluding diaryl/α,β-unsaturated/α-hetero) is 1. The molecule has 5 heteroatoms. The summed E-state index contributed by atoms with van der Waals surface area (Å²) < 4.78 is 35.5. The van der Waals surface area contributed by atoms with E-state index in [1.807, 2.05) is 0 Å². The summed E-state index contributed by atoms with van der Waals surface area (Å²) in [6.45, 7) is 0. The summed E-state index contributed by atoms with van der Waals surface area (Å²) in [4.78, 5) is 11.3. The standard InChI is InChI=1S/C10H16F3NO/c11-10(12,13)6-3-8(15)7-9(14)4-1-2-5-9/h1-7,14H2. The van der Waals surface area contributed by atoms with Gasteiger partial charge in [0.15, 0.2) is 0 Å². The number of nitrogens with two attached hydrogens (primary N) is 1. The van der Waals surface area contributed by atoms with E-state index in [1.165, 1.54) is 0 Å². The van der Waals surface area contributed by atoms with Crippen molar-refractivity contribution in [3.63, 3.8) is 0 Å². The summed E-state index contributed by atoms with van der Waals surface area (Å²) >= 11 is 0. The molecule has 0 radical (unpaired) electrons. The Morgan fingerprint density at radius 2 is 1.80 bits per heavy atom. The van der Waals surface area contributed by atoms with Crippen molar-refractivity contribution >= 4 is 5.78 Å². The van der Waals surface area contributed by atoms with Crippen LogP contribution in [0, 0.1) is 0 Å². The number of carbonyl (C=O) groups is 1. The maximum absolute atomic E-state index is 11.8. The van der Waals surface area contributed by atoms with E-state index in [0.29, 0.717) is 0 Å². The topological polar surface area (TPSA) is 43.1 Å². The molecule has 1 fully saturated rings. The Bertz CT molecular complexity index is 231. The van der Waals surface area contributed by atoms with Crippen LogP contribution in [0.25, 0.3) is 0 Å². The van der Waals surface area contributed by atoms with Crippen LogP contribution in [-0.2, 0) is 4.79 Å². The van der Waals surface area contributed by atoms with Gasteiger partial charge in [0.05, 0.1) is 6.42 Å². The lowest BCUT2D eigenvalue weighted by Crippen LogP contribution is -2.38. The third kappa shape index (κ3) is 4.64. The lowest BCUT2D eigenvalue weighted by molar-refractivity contribution is -0.143. The highest BCUT2D eigenvalue weighted by atomic mass is 19.4. The van der Waals surface area contributed by atoms with Crippen LogP contribution in [0.3, 0.4) is 0 Å². The first-order chi connectivity index (χ1) is 6.81. The van der Waals surface area contributed by atoms with E-state index in [0.717, 1.165) is 25.7 Å². The van der Waals surface area contributed by atoms with E-state index in [-0.39, 0.29) is 12.2 Å². The maximum atomic E-state index is 11.8. The van der Waals surface area contributed by atoms with Gasteiger partial charge in [-0.1, -0.05) is 12.8 Å². The Labute approximate surface area is 87.0 Å². The van der Waals surface area contributed by atoms with Crippen LogP contribution in [0.2, 0.25) is 0 Å². The normalized spacial score (nSPS) is 20.5. The molecule has 0 unspecified atom stereocenters. The van der Waals surface area contributed by atoms with Gasteiger partial charge in [0, 0.05) is 18.4 Å². The fourth-order valence-electron chi connectivity index (χ4n) is 2.02. The number of rotatable bonds is 4. The van der Waals surface area contributed by atoms with Gasteiger partial charge in [-0.25, -0.2) is 0 Å². The highest BCUT2D eigenvalue weighted by Gasteiger charge is 2.33. The Hall–Kier alpha value is -0.580. The van der Waals surface area contributed by atoms with E-state index in [1.54, 1.807) is 0 Å². The molecule has 88 valence electrons. The number of alkyl halides is 3. The quantitative estimate of drug-likeness (QED) is 0.795. The van der Waals surface area contributed by atoms with Crippen molar-refractivity contribution in [2.45, 2.75) is 56.7 Å². The van der Waals surface area contributed by atoms with Gasteiger partial charge >= 0.3 is 6.18 Å². The first-order valence-electron chi connectivity index (χ1n) is 5.18. The van der Waals surface area contributed by atoms with Crippen LogP contribution in [0.15, 0.2) is 0 Å². The smallest absolute Gasteiger partial charge is 0.325 e. The first kappa shape index (κ1) is 12.5. The number of hydrogen-bond donors (Lipinski definition) is 1. The van der Waals surface area contributed by atoms with E-state index in [2.05, 4.69) is 0 Å². The largest absolute Gasteiger partial charge is 0.389 e. The molecular formula is C10H16F3NO. The highest BCUT2D eigenvalue weighted by molar-refractivity contribution is 5.79. The van der Waals surface area contributed by atoms with E-state index in [4.69, 9.17) is 5.73 Å². The minimum Gasteiger partial charge on any atom is -0.325 e. The minimum atomic E-state index is -4.24. The Morgan fingerprint density at radius 1 is 1.27 bits per heavy atom. The molecule has 0 amide bonds. The summed E-state index contributed by atoms with van der Waals surface area (Å²) in [7, 11) is 0. The molecule has 1 aliphatic rings. The highest BCUT2D eigenvalue weighted by Crippen LogP contribution is 2.31. The van der Waals surface area contributed by atoms with Crippen LogP contribution in [0.1, 0.15) is 44.9 Å². The molecule has 0 aliphatic heterocycles.